The summed E-state index contributed by atoms with van der Waals surface area (Å²) in [6, 6.07) is 13.2. The highest BCUT2D eigenvalue weighted by Crippen LogP contribution is 2.33. The van der Waals surface area contributed by atoms with Crippen molar-refractivity contribution < 1.29 is 31.1 Å². The second-order valence-electron chi connectivity index (χ2n) is 9.01. The van der Waals surface area contributed by atoms with Crippen LogP contribution in [0.1, 0.15) is 32.0 Å². The van der Waals surface area contributed by atoms with E-state index in [1.54, 1.807) is 45.0 Å². The molecule has 12 heteroatoms. The Morgan fingerprint density at radius 1 is 1.00 bits per heavy atom. The van der Waals surface area contributed by atoms with E-state index in [-0.39, 0.29) is 29.4 Å². The smallest absolute Gasteiger partial charge is 0.435 e. The number of benzene rings is 2. The van der Waals surface area contributed by atoms with Crippen LogP contribution in [-0.2, 0) is 20.9 Å². The van der Waals surface area contributed by atoms with Gasteiger partial charge in [0.1, 0.15) is 5.60 Å². The third-order valence-electron chi connectivity index (χ3n) is 4.82. The highest BCUT2D eigenvalue weighted by atomic mass is 32.2. The first-order chi connectivity index (χ1) is 16.7. The molecule has 0 aliphatic carbocycles. The SMILES string of the molecule is Cc1ccc(-c2cc(C(F)(F)F)nn2-c2ccc(S(=O)(=O)NCCNC(=O)OC(C)(C)C)cc2)cc1. The molecule has 0 spiro atoms. The molecule has 2 aromatic carbocycles. The van der Waals surface area contributed by atoms with Crippen LogP contribution in [0.15, 0.2) is 59.5 Å². The van der Waals surface area contributed by atoms with Crippen LogP contribution >= 0.6 is 0 Å². The number of rotatable bonds is 7. The van der Waals surface area contributed by atoms with Crippen molar-refractivity contribution in [3.63, 3.8) is 0 Å². The van der Waals surface area contributed by atoms with Crippen molar-refractivity contribution in [3.05, 3.63) is 65.9 Å². The number of carbonyl (C=O) groups excluding carboxylic acids is 1. The summed E-state index contributed by atoms with van der Waals surface area (Å²) in [6.07, 6.45) is -5.32. The summed E-state index contributed by atoms with van der Waals surface area (Å²) in [5.41, 5.74) is 0.202. The van der Waals surface area contributed by atoms with Gasteiger partial charge in [0.05, 0.1) is 16.3 Å². The lowest BCUT2D eigenvalue weighted by atomic mass is 10.1. The normalized spacial score (nSPS) is 12.4. The number of ether oxygens (including phenoxy) is 1. The molecule has 0 atom stereocenters. The molecule has 194 valence electrons. The highest BCUT2D eigenvalue weighted by molar-refractivity contribution is 7.89. The molecule has 0 saturated heterocycles. The number of amides is 1. The Kier molecular flexibility index (Phi) is 7.79. The van der Waals surface area contributed by atoms with Crippen LogP contribution in [0.2, 0.25) is 0 Å². The summed E-state index contributed by atoms with van der Waals surface area (Å²) in [5.74, 6) is 0. The zero-order valence-electron chi connectivity index (χ0n) is 20.2. The first kappa shape index (κ1) is 27.2. The lowest BCUT2D eigenvalue weighted by molar-refractivity contribution is -0.141. The standard InChI is InChI=1S/C24H27F3N4O4S/c1-16-5-7-17(8-6-16)20-15-21(24(25,26)27)30-31(20)18-9-11-19(12-10-18)36(33,34)29-14-13-28-22(32)35-23(2,3)4/h5-12,15,29H,13-14H2,1-4H3,(H,28,32). The zero-order chi connectivity index (χ0) is 26.7. The van der Waals surface area contributed by atoms with Crippen molar-refractivity contribution in [2.75, 3.05) is 13.1 Å². The van der Waals surface area contributed by atoms with Gasteiger partial charge in [-0.25, -0.2) is 22.6 Å². The maximum Gasteiger partial charge on any atom is 0.435 e. The Hall–Kier alpha value is -3.38. The molecule has 3 aromatic rings. The Balaban J connectivity index is 1.77. The molecule has 0 aliphatic heterocycles. The Morgan fingerprint density at radius 3 is 2.17 bits per heavy atom. The Morgan fingerprint density at radius 2 is 1.61 bits per heavy atom. The van der Waals surface area contributed by atoms with Crippen LogP contribution in [0, 0.1) is 6.92 Å². The van der Waals surface area contributed by atoms with Crippen LogP contribution in [0.5, 0.6) is 0 Å². The van der Waals surface area contributed by atoms with Gasteiger partial charge in [-0.05, 0) is 58.0 Å². The molecule has 36 heavy (non-hydrogen) atoms. The summed E-state index contributed by atoms with van der Waals surface area (Å²) in [6.45, 7) is 6.89. The van der Waals surface area contributed by atoms with E-state index >= 15 is 0 Å². The lowest BCUT2D eigenvalue weighted by Crippen LogP contribution is -2.37. The first-order valence-electron chi connectivity index (χ1n) is 11.0. The fourth-order valence-corrected chi connectivity index (χ4v) is 4.19. The third kappa shape index (κ3) is 7.08. The van der Waals surface area contributed by atoms with Crippen molar-refractivity contribution in [3.8, 4) is 16.9 Å². The van der Waals surface area contributed by atoms with E-state index in [1.165, 1.54) is 24.3 Å². The van der Waals surface area contributed by atoms with Gasteiger partial charge >= 0.3 is 12.3 Å². The molecule has 1 heterocycles. The van der Waals surface area contributed by atoms with Crippen LogP contribution in [0.4, 0.5) is 18.0 Å². The van der Waals surface area contributed by atoms with Gasteiger partial charge in [0, 0.05) is 18.7 Å². The minimum atomic E-state index is -4.65. The van der Waals surface area contributed by atoms with Crippen molar-refractivity contribution in [2.24, 2.45) is 0 Å². The zero-order valence-corrected chi connectivity index (χ0v) is 21.0. The Bertz CT molecular complexity index is 1310. The van der Waals surface area contributed by atoms with Crippen LogP contribution in [0.25, 0.3) is 16.9 Å². The molecule has 0 bridgehead atoms. The molecule has 2 N–H and O–H groups in total. The molecule has 0 radical (unpaired) electrons. The fourth-order valence-electron chi connectivity index (χ4n) is 3.16. The highest BCUT2D eigenvalue weighted by Gasteiger charge is 2.35. The van der Waals surface area contributed by atoms with Gasteiger partial charge in [0.15, 0.2) is 5.69 Å². The molecule has 0 unspecified atom stereocenters. The topological polar surface area (TPSA) is 102 Å². The summed E-state index contributed by atoms with van der Waals surface area (Å²) in [7, 11) is -3.93. The molecular weight excluding hydrogens is 497 g/mol. The van der Waals surface area contributed by atoms with Gasteiger partial charge in [-0.1, -0.05) is 29.8 Å². The van der Waals surface area contributed by atoms with E-state index in [1.807, 2.05) is 6.92 Å². The van der Waals surface area contributed by atoms with E-state index < -0.39 is 33.6 Å². The average Bonchev–Trinajstić information content (AvgIpc) is 3.22. The van der Waals surface area contributed by atoms with E-state index in [9.17, 15) is 26.4 Å². The Labute approximate surface area is 207 Å². The van der Waals surface area contributed by atoms with Crippen molar-refractivity contribution in [2.45, 2.75) is 44.4 Å². The van der Waals surface area contributed by atoms with Gasteiger partial charge in [-0.15, -0.1) is 0 Å². The minimum absolute atomic E-state index is 0.000354. The third-order valence-corrected chi connectivity index (χ3v) is 6.30. The van der Waals surface area contributed by atoms with Gasteiger partial charge in [0.2, 0.25) is 10.0 Å². The second kappa shape index (κ2) is 10.3. The molecule has 3 rings (SSSR count). The predicted molar refractivity (Wildman–Crippen MR) is 128 cm³/mol. The van der Waals surface area contributed by atoms with Crippen LogP contribution < -0.4 is 10.0 Å². The summed E-state index contributed by atoms with van der Waals surface area (Å²) < 4.78 is 73.9. The van der Waals surface area contributed by atoms with Crippen molar-refractivity contribution >= 4 is 16.1 Å². The number of alkyl halides is 3. The molecule has 0 saturated carbocycles. The number of carbonyl (C=O) groups is 1. The number of alkyl carbamates (subject to hydrolysis) is 1. The average molecular weight is 525 g/mol. The summed E-state index contributed by atoms with van der Waals surface area (Å²) in [5, 5.41) is 6.16. The van der Waals surface area contributed by atoms with Gasteiger partial charge < -0.3 is 10.1 Å². The van der Waals surface area contributed by atoms with Crippen LogP contribution in [0.3, 0.4) is 0 Å². The molecule has 1 aromatic heterocycles. The maximum atomic E-state index is 13.4. The predicted octanol–water partition coefficient (Wildman–Crippen LogP) is 4.67. The monoisotopic (exact) mass is 524 g/mol. The second-order valence-corrected chi connectivity index (χ2v) is 10.8. The largest absolute Gasteiger partial charge is 0.444 e. The molecule has 8 nitrogen and oxygen atoms in total. The molecule has 1 amide bonds. The lowest BCUT2D eigenvalue weighted by Gasteiger charge is -2.19. The number of sulfonamides is 1. The molecule has 0 aliphatic rings. The minimum Gasteiger partial charge on any atom is -0.444 e. The molecular formula is C24H27F3N4O4S. The number of hydrogen-bond acceptors (Lipinski definition) is 5. The number of hydrogen-bond donors (Lipinski definition) is 2. The van der Waals surface area contributed by atoms with E-state index in [2.05, 4.69) is 15.1 Å². The van der Waals surface area contributed by atoms with E-state index in [4.69, 9.17) is 4.74 Å². The summed E-state index contributed by atoms with van der Waals surface area (Å²) in [4.78, 5) is 11.6. The van der Waals surface area contributed by atoms with E-state index in [0.717, 1.165) is 16.3 Å². The van der Waals surface area contributed by atoms with Crippen LogP contribution in [-0.4, -0.2) is 43.0 Å². The van der Waals surface area contributed by atoms with Crippen molar-refractivity contribution in [1.82, 2.24) is 19.8 Å². The fraction of sp³-hybridized carbons (Fsp3) is 0.333. The number of aromatic nitrogens is 2. The maximum absolute atomic E-state index is 13.4. The number of nitrogens with one attached hydrogen (secondary N) is 2. The van der Waals surface area contributed by atoms with E-state index in [0.29, 0.717) is 5.56 Å². The number of nitrogens with zero attached hydrogens (tertiary/aromatic N) is 2. The first-order valence-corrected chi connectivity index (χ1v) is 12.5. The van der Waals surface area contributed by atoms with Gasteiger partial charge in [-0.3, -0.25) is 0 Å². The van der Waals surface area contributed by atoms with Crippen molar-refractivity contribution in [1.29, 1.82) is 0 Å². The molecule has 0 fully saturated rings. The quantitative estimate of drug-likeness (QED) is 0.438. The number of halogens is 3. The van der Waals surface area contributed by atoms with Gasteiger partial charge in [-0.2, -0.15) is 18.3 Å². The number of aryl methyl sites for hydroxylation is 1. The summed E-state index contributed by atoms with van der Waals surface area (Å²) >= 11 is 0. The van der Waals surface area contributed by atoms with Gasteiger partial charge in [0.25, 0.3) is 0 Å².